The molecule has 0 radical (unpaired) electrons. The van der Waals surface area contributed by atoms with Gasteiger partial charge in [-0.3, -0.25) is 9.78 Å². The van der Waals surface area contributed by atoms with E-state index in [9.17, 15) is 4.79 Å². The summed E-state index contributed by atoms with van der Waals surface area (Å²) in [4.78, 5) is 16.3. The van der Waals surface area contributed by atoms with Gasteiger partial charge in [0, 0.05) is 0 Å². The highest BCUT2D eigenvalue weighted by molar-refractivity contribution is 7.12. The van der Waals surface area contributed by atoms with Crippen molar-refractivity contribution in [2.75, 3.05) is 5.32 Å². The van der Waals surface area contributed by atoms with E-state index < -0.39 is 0 Å². The molecule has 2 heterocycles. The van der Waals surface area contributed by atoms with E-state index in [-0.39, 0.29) is 11.7 Å². The van der Waals surface area contributed by atoms with Gasteiger partial charge in [-0.05, 0) is 23.6 Å². The van der Waals surface area contributed by atoms with Crippen LogP contribution in [0.1, 0.15) is 15.4 Å². The number of oxime groups is 1. The van der Waals surface area contributed by atoms with Crippen LogP contribution in [0.3, 0.4) is 0 Å². The monoisotopic (exact) mass is 262 g/mol. The normalized spacial score (nSPS) is 11.2. The molecule has 0 aliphatic carbocycles. The number of hydrogen-bond acceptors (Lipinski definition) is 5. The predicted octanol–water partition coefficient (Wildman–Crippen LogP) is 1.49. The summed E-state index contributed by atoms with van der Waals surface area (Å²) < 4.78 is 0. The van der Waals surface area contributed by atoms with Crippen LogP contribution in [0, 0.1) is 0 Å². The van der Waals surface area contributed by atoms with Crippen LogP contribution < -0.4 is 11.1 Å². The zero-order valence-corrected chi connectivity index (χ0v) is 10.0. The molecular formula is C11H10N4O2S. The second-order valence-electron chi connectivity index (χ2n) is 3.35. The summed E-state index contributed by atoms with van der Waals surface area (Å²) in [6, 6.07) is 6.72. The Morgan fingerprint density at radius 2 is 2.28 bits per heavy atom. The van der Waals surface area contributed by atoms with Crippen molar-refractivity contribution in [1.82, 2.24) is 4.98 Å². The first-order chi connectivity index (χ1) is 8.70. The minimum absolute atomic E-state index is 0.0777. The summed E-state index contributed by atoms with van der Waals surface area (Å²) in [6.07, 6.45) is 1.44. The third-order valence-corrected chi connectivity index (χ3v) is 3.01. The van der Waals surface area contributed by atoms with E-state index >= 15 is 0 Å². The molecule has 0 aromatic carbocycles. The maximum absolute atomic E-state index is 11.7. The van der Waals surface area contributed by atoms with Crippen molar-refractivity contribution in [3.8, 4) is 0 Å². The van der Waals surface area contributed by atoms with Crippen LogP contribution in [0.2, 0.25) is 0 Å². The quantitative estimate of drug-likeness (QED) is 0.337. The second-order valence-corrected chi connectivity index (χ2v) is 4.30. The number of hydrogen-bond donors (Lipinski definition) is 3. The number of amides is 1. The van der Waals surface area contributed by atoms with Gasteiger partial charge in [-0.2, -0.15) is 0 Å². The Morgan fingerprint density at radius 1 is 1.44 bits per heavy atom. The predicted molar refractivity (Wildman–Crippen MR) is 69.0 cm³/mol. The summed E-state index contributed by atoms with van der Waals surface area (Å²) in [5.74, 6) is -0.269. The van der Waals surface area contributed by atoms with Gasteiger partial charge in [0.2, 0.25) is 0 Å². The highest BCUT2D eigenvalue weighted by Gasteiger charge is 2.07. The molecule has 0 spiro atoms. The molecule has 1 amide bonds. The molecule has 0 unspecified atom stereocenters. The smallest absolute Gasteiger partial charge is 0.265 e. The van der Waals surface area contributed by atoms with Crippen molar-refractivity contribution < 1.29 is 10.0 Å². The van der Waals surface area contributed by atoms with E-state index in [1.165, 1.54) is 17.5 Å². The van der Waals surface area contributed by atoms with Gasteiger partial charge in [0.25, 0.3) is 5.91 Å². The van der Waals surface area contributed by atoms with Gasteiger partial charge < -0.3 is 16.3 Å². The van der Waals surface area contributed by atoms with Crippen LogP contribution in [0.5, 0.6) is 0 Å². The van der Waals surface area contributed by atoms with Crippen LogP contribution >= 0.6 is 11.3 Å². The molecule has 18 heavy (non-hydrogen) atoms. The number of rotatable bonds is 3. The zero-order valence-electron chi connectivity index (χ0n) is 9.20. The number of carbonyl (C=O) groups excluding carboxylic acids is 1. The molecule has 6 nitrogen and oxygen atoms in total. The van der Waals surface area contributed by atoms with Crippen molar-refractivity contribution in [3.05, 3.63) is 46.4 Å². The number of carbonyl (C=O) groups is 1. The maximum Gasteiger partial charge on any atom is 0.265 e. The Balaban J connectivity index is 2.09. The highest BCUT2D eigenvalue weighted by Crippen LogP contribution is 2.12. The lowest BCUT2D eigenvalue weighted by molar-refractivity contribution is 0.103. The third kappa shape index (κ3) is 2.64. The van der Waals surface area contributed by atoms with E-state index in [1.807, 2.05) is 5.38 Å². The fourth-order valence-corrected chi connectivity index (χ4v) is 1.89. The third-order valence-electron chi connectivity index (χ3n) is 2.14. The largest absolute Gasteiger partial charge is 0.409 e. The van der Waals surface area contributed by atoms with Crippen LogP contribution in [-0.4, -0.2) is 21.9 Å². The van der Waals surface area contributed by atoms with E-state index in [0.717, 1.165) is 0 Å². The first-order valence-electron chi connectivity index (χ1n) is 4.99. The average molecular weight is 262 g/mol. The maximum atomic E-state index is 11.7. The van der Waals surface area contributed by atoms with Crippen LogP contribution in [0.25, 0.3) is 0 Å². The number of nitrogens with two attached hydrogens (primary N) is 1. The molecule has 2 aromatic rings. The molecule has 92 valence electrons. The summed E-state index contributed by atoms with van der Waals surface area (Å²) in [6.45, 7) is 0. The standard InChI is InChI=1S/C11H10N4O2S/c12-10(15-17)8-4-3-7(6-13-8)14-11(16)9-2-1-5-18-9/h1-6,17H,(H2,12,15)(H,14,16). The van der Waals surface area contributed by atoms with Crippen molar-refractivity contribution >= 4 is 28.8 Å². The van der Waals surface area contributed by atoms with Crippen LogP contribution in [0.4, 0.5) is 5.69 Å². The van der Waals surface area contributed by atoms with Crippen molar-refractivity contribution in [2.24, 2.45) is 10.9 Å². The lowest BCUT2D eigenvalue weighted by Crippen LogP contribution is -2.15. The Morgan fingerprint density at radius 3 is 2.83 bits per heavy atom. The van der Waals surface area contributed by atoms with Gasteiger partial charge in [-0.15, -0.1) is 11.3 Å². The zero-order chi connectivity index (χ0) is 13.0. The molecule has 2 rings (SSSR count). The fraction of sp³-hybridized carbons (Fsp3) is 0. The fourth-order valence-electron chi connectivity index (χ4n) is 1.27. The summed E-state index contributed by atoms with van der Waals surface area (Å²) in [5, 5.41) is 15.8. The van der Waals surface area contributed by atoms with Crippen LogP contribution in [0.15, 0.2) is 41.0 Å². The second kappa shape index (κ2) is 5.28. The highest BCUT2D eigenvalue weighted by atomic mass is 32.1. The lowest BCUT2D eigenvalue weighted by atomic mass is 10.3. The van der Waals surface area contributed by atoms with Gasteiger partial charge >= 0.3 is 0 Å². The Kier molecular flexibility index (Phi) is 3.54. The Labute approximate surface area is 107 Å². The molecule has 0 aliphatic heterocycles. The van der Waals surface area contributed by atoms with Gasteiger partial charge in [0.15, 0.2) is 5.84 Å². The van der Waals surface area contributed by atoms with Crippen molar-refractivity contribution in [3.63, 3.8) is 0 Å². The molecular weight excluding hydrogens is 252 g/mol. The topological polar surface area (TPSA) is 101 Å². The minimum atomic E-state index is -0.191. The summed E-state index contributed by atoms with van der Waals surface area (Å²) >= 11 is 1.36. The number of thiophene rings is 1. The number of aromatic nitrogens is 1. The number of anilines is 1. The van der Waals surface area contributed by atoms with Crippen molar-refractivity contribution in [1.29, 1.82) is 0 Å². The number of nitrogens with one attached hydrogen (secondary N) is 1. The first kappa shape index (κ1) is 12.1. The van der Waals surface area contributed by atoms with Gasteiger partial charge in [0.1, 0.15) is 5.69 Å². The Bertz CT molecular complexity index is 563. The van der Waals surface area contributed by atoms with Crippen molar-refractivity contribution in [2.45, 2.75) is 0 Å². The molecule has 0 atom stereocenters. The van der Waals surface area contributed by atoms with Gasteiger partial charge in [-0.25, -0.2) is 0 Å². The molecule has 0 aliphatic rings. The Hall–Kier alpha value is -2.41. The van der Waals surface area contributed by atoms with E-state index in [4.69, 9.17) is 10.9 Å². The number of nitrogens with zero attached hydrogens (tertiary/aromatic N) is 2. The van der Waals surface area contributed by atoms with E-state index in [1.54, 1.807) is 24.3 Å². The molecule has 7 heteroatoms. The number of amidine groups is 1. The molecule has 0 saturated carbocycles. The molecule has 0 bridgehead atoms. The minimum Gasteiger partial charge on any atom is -0.409 e. The molecule has 0 saturated heterocycles. The van der Waals surface area contributed by atoms with Gasteiger partial charge in [0.05, 0.1) is 16.8 Å². The molecule has 0 fully saturated rings. The van der Waals surface area contributed by atoms with Crippen LogP contribution in [-0.2, 0) is 0 Å². The SMILES string of the molecule is N/C(=N/O)c1ccc(NC(=O)c2cccs2)cn1. The number of pyridine rings is 1. The lowest BCUT2D eigenvalue weighted by Gasteiger charge is -2.03. The van der Waals surface area contributed by atoms with Gasteiger partial charge in [-0.1, -0.05) is 11.2 Å². The summed E-state index contributed by atoms with van der Waals surface area (Å²) in [5.41, 5.74) is 6.26. The summed E-state index contributed by atoms with van der Waals surface area (Å²) in [7, 11) is 0. The molecule has 2 aromatic heterocycles. The average Bonchev–Trinajstić information content (AvgIpc) is 2.92. The molecule has 4 N–H and O–H groups in total. The first-order valence-corrected chi connectivity index (χ1v) is 5.87. The van der Waals surface area contributed by atoms with E-state index in [0.29, 0.717) is 16.3 Å². The van der Waals surface area contributed by atoms with E-state index in [2.05, 4.69) is 15.5 Å².